The third-order valence-electron chi connectivity index (χ3n) is 3.09. The summed E-state index contributed by atoms with van der Waals surface area (Å²) in [5.74, 6) is -2.08. The van der Waals surface area contributed by atoms with E-state index in [4.69, 9.17) is 10.8 Å². The summed E-state index contributed by atoms with van der Waals surface area (Å²) < 4.78 is 40.9. The zero-order chi connectivity index (χ0) is 16.0. The quantitative estimate of drug-likeness (QED) is 0.812. The minimum atomic E-state index is -4.75. The molecule has 0 aliphatic rings. The molecule has 2 atom stereocenters. The molecule has 1 rings (SSSR count). The molecule has 1 aromatic carbocycles. The van der Waals surface area contributed by atoms with Gasteiger partial charge in [-0.25, -0.2) is 0 Å². The van der Waals surface area contributed by atoms with Crippen molar-refractivity contribution in [1.82, 2.24) is 0 Å². The summed E-state index contributed by atoms with van der Waals surface area (Å²) in [6.07, 6.45) is -4.16. The predicted octanol–water partition coefficient (Wildman–Crippen LogP) is 2.81. The highest BCUT2D eigenvalue weighted by atomic mass is 19.4. The lowest BCUT2D eigenvalue weighted by molar-refractivity contribution is -0.274. The second kappa shape index (κ2) is 7.31. The summed E-state index contributed by atoms with van der Waals surface area (Å²) in [5, 5.41) is 8.94. The average molecular weight is 305 g/mol. The second-order valence-corrected chi connectivity index (χ2v) is 4.97. The number of aliphatic carboxylic acids is 1. The van der Waals surface area contributed by atoms with Crippen molar-refractivity contribution in [2.24, 2.45) is 17.6 Å². The number of benzene rings is 1. The number of para-hydroxylation sites is 1. The second-order valence-electron chi connectivity index (χ2n) is 4.97. The molecule has 0 aliphatic heterocycles. The average Bonchev–Trinajstić information content (AvgIpc) is 2.36. The van der Waals surface area contributed by atoms with E-state index in [1.54, 1.807) is 13.0 Å². The first-order valence-electron chi connectivity index (χ1n) is 6.49. The van der Waals surface area contributed by atoms with Crippen molar-refractivity contribution in [1.29, 1.82) is 0 Å². The Kier molecular flexibility index (Phi) is 6.02. The maximum absolute atomic E-state index is 12.3. The van der Waals surface area contributed by atoms with Gasteiger partial charge in [0.15, 0.2) is 0 Å². The molecule has 0 saturated heterocycles. The van der Waals surface area contributed by atoms with Crippen LogP contribution >= 0.6 is 0 Å². The fourth-order valence-electron chi connectivity index (χ4n) is 2.14. The lowest BCUT2D eigenvalue weighted by Crippen LogP contribution is -2.26. The molecule has 118 valence electrons. The van der Waals surface area contributed by atoms with Crippen LogP contribution in [0, 0.1) is 11.8 Å². The summed E-state index contributed by atoms with van der Waals surface area (Å²) in [4.78, 5) is 10.9. The monoisotopic (exact) mass is 305 g/mol. The summed E-state index contributed by atoms with van der Waals surface area (Å²) in [7, 11) is 0. The van der Waals surface area contributed by atoms with Crippen molar-refractivity contribution in [2.75, 3.05) is 6.54 Å². The first-order valence-corrected chi connectivity index (χ1v) is 6.49. The van der Waals surface area contributed by atoms with Gasteiger partial charge in [0, 0.05) is 6.54 Å². The molecule has 7 heteroatoms. The molecule has 0 heterocycles. The minimum Gasteiger partial charge on any atom is -0.481 e. The minimum absolute atomic E-state index is 0.000368. The highest BCUT2D eigenvalue weighted by Crippen LogP contribution is 2.29. The Labute approximate surface area is 120 Å². The summed E-state index contributed by atoms with van der Waals surface area (Å²) in [6, 6.07) is 5.85. The lowest BCUT2D eigenvalue weighted by atomic mass is 9.90. The number of rotatable bonds is 7. The van der Waals surface area contributed by atoms with Gasteiger partial charge in [0.25, 0.3) is 0 Å². The number of nitrogens with two attached hydrogens (primary N) is 1. The van der Waals surface area contributed by atoms with Gasteiger partial charge < -0.3 is 15.6 Å². The third kappa shape index (κ3) is 6.03. The molecule has 1 aromatic rings. The zero-order valence-electron chi connectivity index (χ0n) is 11.6. The van der Waals surface area contributed by atoms with Gasteiger partial charge in [-0.2, -0.15) is 0 Å². The summed E-state index contributed by atoms with van der Waals surface area (Å²) in [6.45, 7) is 1.77. The van der Waals surface area contributed by atoms with Crippen molar-refractivity contribution in [2.45, 2.75) is 26.1 Å². The van der Waals surface area contributed by atoms with Crippen molar-refractivity contribution in [3.8, 4) is 5.75 Å². The Morgan fingerprint density at radius 3 is 2.52 bits per heavy atom. The van der Waals surface area contributed by atoms with Gasteiger partial charge >= 0.3 is 12.3 Å². The van der Waals surface area contributed by atoms with Gasteiger partial charge in [-0.15, -0.1) is 13.2 Å². The number of carboxylic acid groups (broad SMARTS) is 1. The maximum atomic E-state index is 12.3. The van der Waals surface area contributed by atoms with E-state index < -0.39 is 18.2 Å². The van der Waals surface area contributed by atoms with Crippen LogP contribution in [0.1, 0.15) is 18.9 Å². The van der Waals surface area contributed by atoms with Gasteiger partial charge in [-0.1, -0.05) is 25.1 Å². The van der Waals surface area contributed by atoms with Gasteiger partial charge in [0.1, 0.15) is 5.75 Å². The maximum Gasteiger partial charge on any atom is 0.573 e. The van der Waals surface area contributed by atoms with E-state index >= 15 is 0 Å². The first kappa shape index (κ1) is 17.3. The van der Waals surface area contributed by atoms with Crippen LogP contribution in [0.15, 0.2) is 24.3 Å². The Morgan fingerprint density at radius 1 is 1.38 bits per heavy atom. The highest BCUT2D eigenvalue weighted by molar-refractivity contribution is 5.70. The van der Waals surface area contributed by atoms with Gasteiger partial charge in [-0.3, -0.25) is 4.79 Å². The van der Waals surface area contributed by atoms with Crippen molar-refractivity contribution >= 4 is 5.97 Å². The van der Waals surface area contributed by atoms with Crippen LogP contribution in [-0.2, 0) is 11.2 Å². The number of hydrogen-bond acceptors (Lipinski definition) is 3. The molecule has 3 N–H and O–H groups in total. The summed E-state index contributed by atoms with van der Waals surface area (Å²) >= 11 is 0. The Balaban J connectivity index is 2.76. The number of halogens is 3. The number of carboxylic acids is 1. The molecule has 0 bridgehead atoms. The summed E-state index contributed by atoms with van der Waals surface area (Å²) in [5.41, 5.74) is 5.77. The molecule has 0 amide bonds. The molecule has 0 fully saturated rings. The first-order chi connectivity index (χ1) is 9.73. The van der Waals surface area contributed by atoms with Gasteiger partial charge in [0.2, 0.25) is 0 Å². The van der Waals surface area contributed by atoms with E-state index in [-0.39, 0.29) is 24.6 Å². The van der Waals surface area contributed by atoms with Crippen molar-refractivity contribution in [3.05, 3.63) is 29.8 Å². The molecule has 4 nitrogen and oxygen atoms in total. The molecule has 0 aromatic heterocycles. The molecular formula is C14H18F3NO3. The van der Waals surface area contributed by atoms with Crippen LogP contribution in [-0.4, -0.2) is 24.0 Å². The van der Waals surface area contributed by atoms with Crippen molar-refractivity contribution < 1.29 is 27.8 Å². The van der Waals surface area contributed by atoms with E-state index in [9.17, 15) is 18.0 Å². The molecule has 0 spiro atoms. The Bertz CT molecular complexity index is 477. The molecule has 2 unspecified atom stereocenters. The van der Waals surface area contributed by atoms with Crippen LogP contribution in [0.4, 0.5) is 13.2 Å². The molecule has 0 aliphatic carbocycles. The largest absolute Gasteiger partial charge is 0.573 e. The van der Waals surface area contributed by atoms with Crippen LogP contribution < -0.4 is 10.5 Å². The normalized spacial score (nSPS) is 14.5. The number of hydrogen-bond donors (Lipinski definition) is 2. The van der Waals surface area contributed by atoms with Crippen LogP contribution in [0.2, 0.25) is 0 Å². The van der Waals surface area contributed by atoms with E-state index in [1.807, 2.05) is 0 Å². The van der Waals surface area contributed by atoms with Crippen LogP contribution in [0.5, 0.6) is 5.75 Å². The van der Waals surface area contributed by atoms with E-state index in [1.165, 1.54) is 18.2 Å². The fraction of sp³-hybridized carbons (Fsp3) is 0.500. The van der Waals surface area contributed by atoms with E-state index in [2.05, 4.69) is 4.74 Å². The topological polar surface area (TPSA) is 72.5 Å². The standard InChI is InChI=1S/C14H18F3NO3/c1-9(7-11(8-18)13(19)20)6-10-4-2-3-5-12(10)21-14(15,16)17/h2-5,9,11H,6-8,18H2,1H3,(H,19,20). The number of alkyl halides is 3. The molecule has 0 saturated carbocycles. The SMILES string of the molecule is CC(Cc1ccccc1OC(F)(F)F)CC(CN)C(=O)O. The smallest absolute Gasteiger partial charge is 0.481 e. The zero-order valence-corrected chi connectivity index (χ0v) is 11.6. The van der Waals surface area contributed by atoms with E-state index in [0.717, 1.165) is 0 Å². The lowest BCUT2D eigenvalue weighted by Gasteiger charge is -2.18. The number of carbonyl (C=O) groups is 1. The molecular weight excluding hydrogens is 287 g/mol. The van der Waals surface area contributed by atoms with Gasteiger partial charge in [0.05, 0.1) is 5.92 Å². The third-order valence-corrected chi connectivity index (χ3v) is 3.09. The van der Waals surface area contributed by atoms with Crippen LogP contribution in [0.3, 0.4) is 0 Å². The Hall–Kier alpha value is -1.76. The number of ether oxygens (including phenoxy) is 1. The van der Waals surface area contributed by atoms with Crippen LogP contribution in [0.25, 0.3) is 0 Å². The highest BCUT2D eigenvalue weighted by Gasteiger charge is 2.32. The fourth-order valence-corrected chi connectivity index (χ4v) is 2.14. The molecule has 21 heavy (non-hydrogen) atoms. The Morgan fingerprint density at radius 2 is 2.00 bits per heavy atom. The molecule has 0 radical (unpaired) electrons. The van der Waals surface area contributed by atoms with Crippen molar-refractivity contribution in [3.63, 3.8) is 0 Å². The van der Waals surface area contributed by atoms with Gasteiger partial charge in [-0.05, 0) is 30.4 Å². The van der Waals surface area contributed by atoms with E-state index in [0.29, 0.717) is 12.0 Å². The predicted molar refractivity (Wildman–Crippen MR) is 70.8 cm³/mol.